The minimum atomic E-state index is 0.121. The zero-order valence-electron chi connectivity index (χ0n) is 6.19. The molecule has 0 saturated carbocycles. The van der Waals surface area contributed by atoms with E-state index in [0.29, 0.717) is 0 Å². The highest BCUT2D eigenvalue weighted by atomic mass is 17.0. The van der Waals surface area contributed by atoms with Crippen LogP contribution in [0.3, 0.4) is 0 Å². The lowest BCUT2D eigenvalue weighted by Crippen LogP contribution is -1.88. The molecule has 0 aliphatic heterocycles. The molecular weight excluding hydrogens is 144 g/mol. The van der Waals surface area contributed by atoms with Crippen molar-refractivity contribution in [2.24, 2.45) is 0 Å². The van der Waals surface area contributed by atoms with Crippen molar-refractivity contribution < 1.29 is 15.3 Å². The molecule has 0 atom stereocenters. The van der Waals surface area contributed by atoms with Crippen LogP contribution < -0.4 is 0 Å². The summed E-state index contributed by atoms with van der Waals surface area (Å²) in [7, 11) is 0. The van der Waals surface area contributed by atoms with Crippen LogP contribution >= 0.6 is 0 Å². The molecule has 0 amide bonds. The van der Waals surface area contributed by atoms with Crippen LogP contribution in [0, 0.1) is 0 Å². The average Bonchev–Trinajstić information content (AvgIpc) is 2.10. The number of ketones is 1. The first-order valence-electron chi connectivity index (χ1n) is 3.06. The molecule has 0 spiro atoms. The third kappa shape index (κ3) is 3.50. The molecule has 0 heterocycles. The van der Waals surface area contributed by atoms with Gasteiger partial charge in [0, 0.05) is 5.56 Å². The smallest absolute Gasteiger partial charge is 0.159 e. The van der Waals surface area contributed by atoms with Crippen molar-refractivity contribution in [3.05, 3.63) is 35.9 Å². The first kappa shape index (κ1) is 9.81. The predicted molar refractivity (Wildman–Crippen MR) is 41.7 cm³/mol. The van der Waals surface area contributed by atoms with Crippen molar-refractivity contribution in [3.8, 4) is 0 Å². The maximum Gasteiger partial charge on any atom is 0.159 e. The molecule has 1 aromatic rings. The van der Waals surface area contributed by atoms with E-state index in [9.17, 15) is 4.79 Å². The number of Topliss-reactive ketones (excluding diaryl/α,β-unsaturated/α-hetero) is 1. The Bertz CT molecular complexity index is 206. The van der Waals surface area contributed by atoms with Crippen molar-refractivity contribution in [1.82, 2.24) is 0 Å². The van der Waals surface area contributed by atoms with Crippen LogP contribution in [-0.4, -0.2) is 16.3 Å². The van der Waals surface area contributed by atoms with Gasteiger partial charge in [0.15, 0.2) is 5.78 Å². The molecular formula is C8H10O3. The van der Waals surface area contributed by atoms with Crippen molar-refractivity contribution in [2.45, 2.75) is 6.92 Å². The zero-order chi connectivity index (χ0) is 8.69. The highest BCUT2D eigenvalue weighted by molar-refractivity contribution is 5.93. The van der Waals surface area contributed by atoms with Gasteiger partial charge in [-0.3, -0.25) is 15.3 Å². The van der Waals surface area contributed by atoms with Crippen molar-refractivity contribution in [2.75, 3.05) is 0 Å². The Morgan fingerprint density at radius 3 is 1.91 bits per heavy atom. The normalized spacial score (nSPS) is 7.91. The number of rotatable bonds is 1. The largest absolute Gasteiger partial charge is 0.295 e. The molecule has 60 valence electrons. The van der Waals surface area contributed by atoms with E-state index >= 15 is 0 Å². The topological polar surface area (TPSA) is 57.5 Å². The van der Waals surface area contributed by atoms with E-state index in [1.54, 1.807) is 6.92 Å². The van der Waals surface area contributed by atoms with Crippen LogP contribution in [0.2, 0.25) is 0 Å². The molecule has 0 aliphatic rings. The number of benzene rings is 1. The fraction of sp³-hybridized carbons (Fsp3) is 0.125. The lowest BCUT2D eigenvalue weighted by Gasteiger charge is -1.89. The molecule has 3 heteroatoms. The van der Waals surface area contributed by atoms with E-state index in [1.165, 1.54) is 0 Å². The van der Waals surface area contributed by atoms with Gasteiger partial charge in [-0.05, 0) is 6.92 Å². The summed E-state index contributed by atoms with van der Waals surface area (Å²) in [5, 5.41) is 12.0. The number of hydrogen-bond donors (Lipinski definition) is 2. The van der Waals surface area contributed by atoms with Crippen LogP contribution in [0.4, 0.5) is 0 Å². The van der Waals surface area contributed by atoms with E-state index in [0.717, 1.165) is 5.56 Å². The van der Waals surface area contributed by atoms with Gasteiger partial charge >= 0.3 is 0 Å². The number of carbonyl (C=O) groups is 1. The Morgan fingerprint density at radius 2 is 1.64 bits per heavy atom. The summed E-state index contributed by atoms with van der Waals surface area (Å²) in [5.74, 6) is 0.121. The molecule has 3 nitrogen and oxygen atoms in total. The summed E-state index contributed by atoms with van der Waals surface area (Å²) >= 11 is 0. The second-order valence-electron chi connectivity index (χ2n) is 1.92. The quantitative estimate of drug-likeness (QED) is 0.369. The monoisotopic (exact) mass is 154 g/mol. The molecule has 0 unspecified atom stereocenters. The van der Waals surface area contributed by atoms with Gasteiger partial charge in [0.2, 0.25) is 0 Å². The third-order valence-electron chi connectivity index (χ3n) is 1.18. The number of carbonyl (C=O) groups excluding carboxylic acids is 1. The minimum absolute atomic E-state index is 0.121. The Kier molecular flexibility index (Phi) is 4.98. The predicted octanol–water partition coefficient (Wildman–Crippen LogP) is 1.91. The van der Waals surface area contributed by atoms with Gasteiger partial charge in [-0.25, -0.2) is 0 Å². The van der Waals surface area contributed by atoms with Crippen LogP contribution in [0.1, 0.15) is 17.3 Å². The van der Waals surface area contributed by atoms with Crippen molar-refractivity contribution in [1.29, 1.82) is 0 Å². The molecule has 1 aromatic carbocycles. The van der Waals surface area contributed by atoms with Crippen molar-refractivity contribution in [3.63, 3.8) is 0 Å². The van der Waals surface area contributed by atoms with E-state index in [1.807, 2.05) is 30.3 Å². The van der Waals surface area contributed by atoms with Gasteiger partial charge in [-0.15, -0.1) is 0 Å². The maximum atomic E-state index is 10.6. The Balaban J connectivity index is 0.000000461. The van der Waals surface area contributed by atoms with Crippen LogP contribution in [-0.2, 0) is 0 Å². The summed E-state index contributed by atoms with van der Waals surface area (Å²) in [6.07, 6.45) is 0. The summed E-state index contributed by atoms with van der Waals surface area (Å²) in [6, 6.07) is 9.23. The second kappa shape index (κ2) is 5.58. The maximum absolute atomic E-state index is 10.6. The lowest BCUT2D eigenvalue weighted by atomic mass is 10.2. The molecule has 0 bridgehead atoms. The minimum Gasteiger partial charge on any atom is -0.295 e. The van der Waals surface area contributed by atoms with Gasteiger partial charge in [0.25, 0.3) is 0 Å². The highest BCUT2D eigenvalue weighted by Crippen LogP contribution is 1.97. The van der Waals surface area contributed by atoms with Gasteiger partial charge in [-0.2, -0.15) is 0 Å². The lowest BCUT2D eigenvalue weighted by molar-refractivity contribution is -0.176. The van der Waals surface area contributed by atoms with E-state index < -0.39 is 0 Å². The molecule has 0 aromatic heterocycles. The van der Waals surface area contributed by atoms with Crippen molar-refractivity contribution >= 4 is 5.78 Å². The van der Waals surface area contributed by atoms with Gasteiger partial charge < -0.3 is 0 Å². The van der Waals surface area contributed by atoms with Gasteiger partial charge in [-0.1, -0.05) is 30.3 Å². The first-order valence-corrected chi connectivity index (χ1v) is 3.06. The number of hydrogen-bond acceptors (Lipinski definition) is 3. The molecule has 0 aliphatic carbocycles. The fourth-order valence-corrected chi connectivity index (χ4v) is 0.673. The zero-order valence-corrected chi connectivity index (χ0v) is 6.19. The standard InChI is InChI=1S/C8H8O.H2O2/c1-7(9)8-5-3-2-4-6-8;1-2/h2-6H,1H3;1-2H. The van der Waals surface area contributed by atoms with E-state index in [4.69, 9.17) is 10.5 Å². The summed E-state index contributed by atoms with van der Waals surface area (Å²) in [6.45, 7) is 1.56. The summed E-state index contributed by atoms with van der Waals surface area (Å²) in [4.78, 5) is 10.6. The van der Waals surface area contributed by atoms with E-state index in [-0.39, 0.29) is 5.78 Å². The molecule has 0 fully saturated rings. The van der Waals surface area contributed by atoms with Gasteiger partial charge in [0.1, 0.15) is 0 Å². The molecule has 0 saturated heterocycles. The fourth-order valence-electron chi connectivity index (χ4n) is 0.673. The molecule has 0 radical (unpaired) electrons. The molecule has 1 rings (SSSR count). The first-order chi connectivity index (χ1) is 5.30. The Labute approximate surface area is 64.8 Å². The average molecular weight is 154 g/mol. The van der Waals surface area contributed by atoms with Crippen LogP contribution in [0.15, 0.2) is 30.3 Å². The molecule has 2 N–H and O–H groups in total. The molecule has 11 heavy (non-hydrogen) atoms. The van der Waals surface area contributed by atoms with Gasteiger partial charge in [0.05, 0.1) is 0 Å². The third-order valence-corrected chi connectivity index (χ3v) is 1.18. The summed E-state index contributed by atoms with van der Waals surface area (Å²) in [5.41, 5.74) is 0.775. The summed E-state index contributed by atoms with van der Waals surface area (Å²) < 4.78 is 0. The van der Waals surface area contributed by atoms with Crippen LogP contribution in [0.5, 0.6) is 0 Å². The Hall–Kier alpha value is -1.19. The van der Waals surface area contributed by atoms with Crippen LogP contribution in [0.25, 0.3) is 0 Å². The Morgan fingerprint density at radius 1 is 1.18 bits per heavy atom. The van der Waals surface area contributed by atoms with E-state index in [2.05, 4.69) is 0 Å². The second-order valence-corrected chi connectivity index (χ2v) is 1.92. The highest BCUT2D eigenvalue weighted by Gasteiger charge is 1.92. The SMILES string of the molecule is CC(=O)c1ccccc1.OO.